The molecular weight excluding hydrogens is 336 g/mol. The van der Waals surface area contributed by atoms with Crippen molar-refractivity contribution in [3.8, 4) is 5.75 Å². The van der Waals surface area contributed by atoms with Crippen molar-refractivity contribution in [2.45, 2.75) is 44.7 Å². The molecule has 0 saturated heterocycles. The summed E-state index contributed by atoms with van der Waals surface area (Å²) in [4.78, 5) is 12.5. The van der Waals surface area contributed by atoms with Crippen LogP contribution in [0.2, 0.25) is 0 Å². The summed E-state index contributed by atoms with van der Waals surface area (Å²) in [5, 5.41) is 5.34. The van der Waals surface area contributed by atoms with Gasteiger partial charge in [-0.2, -0.15) is 0 Å². The van der Waals surface area contributed by atoms with Crippen molar-refractivity contribution in [2.24, 2.45) is 11.7 Å². The lowest BCUT2D eigenvalue weighted by molar-refractivity contribution is -0.128. The molecule has 1 aliphatic rings. The molecule has 0 spiro atoms. The van der Waals surface area contributed by atoms with E-state index >= 15 is 0 Å². The van der Waals surface area contributed by atoms with Crippen molar-refractivity contribution < 1.29 is 9.53 Å². The Kier molecular flexibility index (Phi) is 6.31. The molecule has 3 rings (SSSR count). The molecule has 2 aromatic carbocycles. The monoisotopic (exact) mass is 362 g/mol. The average molecular weight is 363 g/mol. The lowest BCUT2D eigenvalue weighted by Crippen LogP contribution is -2.52. The van der Waals surface area contributed by atoms with Crippen LogP contribution in [0.5, 0.6) is 5.75 Å². The number of carbonyl (C=O) groups excluding carboxylic acids is 1. The van der Waals surface area contributed by atoms with Crippen LogP contribution in [0.4, 0.5) is 0 Å². The minimum absolute atomic E-state index is 0. The minimum Gasteiger partial charge on any atom is -0.497 e. The standard InChI is InChI=1S/C20H26N2O2.ClH/c1-20(21)10-4-3-5-18(20)19(23)22-13-14-6-7-16-12-17(24-2)9-8-15(16)11-14;/h6-9,11-12,18H,3-5,10,13,21H2,1-2H3,(H,22,23);1H. The number of rotatable bonds is 4. The summed E-state index contributed by atoms with van der Waals surface area (Å²) in [6.07, 6.45) is 4.01. The zero-order valence-electron chi connectivity index (χ0n) is 14.9. The first-order valence-electron chi connectivity index (χ1n) is 8.63. The van der Waals surface area contributed by atoms with Crippen molar-refractivity contribution >= 4 is 29.1 Å². The van der Waals surface area contributed by atoms with Gasteiger partial charge in [-0.15, -0.1) is 12.4 Å². The van der Waals surface area contributed by atoms with Gasteiger partial charge in [0.15, 0.2) is 0 Å². The van der Waals surface area contributed by atoms with E-state index in [9.17, 15) is 4.79 Å². The van der Waals surface area contributed by atoms with E-state index in [1.807, 2.05) is 31.2 Å². The molecule has 0 radical (unpaired) electrons. The number of benzene rings is 2. The fourth-order valence-electron chi connectivity index (χ4n) is 3.61. The van der Waals surface area contributed by atoms with Crippen LogP contribution in [-0.4, -0.2) is 18.6 Å². The largest absolute Gasteiger partial charge is 0.497 e. The normalized spacial score (nSPS) is 22.9. The van der Waals surface area contributed by atoms with Gasteiger partial charge in [-0.3, -0.25) is 4.79 Å². The molecule has 0 aliphatic heterocycles. The lowest BCUT2D eigenvalue weighted by Gasteiger charge is -2.37. The Balaban J connectivity index is 0.00000225. The summed E-state index contributed by atoms with van der Waals surface area (Å²) < 4.78 is 5.25. The van der Waals surface area contributed by atoms with Gasteiger partial charge < -0.3 is 15.8 Å². The quantitative estimate of drug-likeness (QED) is 0.869. The Bertz CT molecular complexity index is 746. The first-order valence-corrected chi connectivity index (χ1v) is 8.63. The van der Waals surface area contributed by atoms with Crippen molar-refractivity contribution in [3.63, 3.8) is 0 Å². The number of methoxy groups -OCH3 is 1. The van der Waals surface area contributed by atoms with E-state index in [0.717, 1.165) is 47.8 Å². The average Bonchev–Trinajstić information content (AvgIpc) is 2.58. The second kappa shape index (κ2) is 8.07. The smallest absolute Gasteiger partial charge is 0.225 e. The molecule has 0 bridgehead atoms. The maximum absolute atomic E-state index is 12.5. The number of ether oxygens (including phenoxy) is 1. The van der Waals surface area contributed by atoms with E-state index in [0.29, 0.717) is 6.54 Å². The fraction of sp³-hybridized carbons (Fsp3) is 0.450. The molecule has 1 saturated carbocycles. The summed E-state index contributed by atoms with van der Waals surface area (Å²) >= 11 is 0. The van der Waals surface area contributed by atoms with Crippen LogP contribution >= 0.6 is 12.4 Å². The molecule has 1 amide bonds. The van der Waals surface area contributed by atoms with Crippen LogP contribution < -0.4 is 15.8 Å². The van der Waals surface area contributed by atoms with Gasteiger partial charge in [-0.1, -0.05) is 31.0 Å². The Morgan fingerprint density at radius 3 is 2.68 bits per heavy atom. The Labute approximate surface area is 155 Å². The molecule has 3 N–H and O–H groups in total. The van der Waals surface area contributed by atoms with Crippen LogP contribution in [0, 0.1) is 5.92 Å². The predicted molar refractivity (Wildman–Crippen MR) is 104 cm³/mol. The molecule has 2 unspecified atom stereocenters. The maximum Gasteiger partial charge on any atom is 0.225 e. The van der Waals surface area contributed by atoms with Crippen LogP contribution in [-0.2, 0) is 11.3 Å². The molecule has 0 aromatic heterocycles. The summed E-state index contributed by atoms with van der Waals surface area (Å²) in [5.41, 5.74) is 7.03. The summed E-state index contributed by atoms with van der Waals surface area (Å²) in [5.74, 6) is 0.841. The number of nitrogens with one attached hydrogen (secondary N) is 1. The van der Waals surface area contributed by atoms with Crippen LogP contribution in [0.1, 0.15) is 38.2 Å². The number of carbonyl (C=O) groups is 1. The third-order valence-corrected chi connectivity index (χ3v) is 5.15. The van der Waals surface area contributed by atoms with E-state index in [1.165, 1.54) is 0 Å². The minimum atomic E-state index is -0.387. The number of hydrogen-bond acceptors (Lipinski definition) is 3. The highest BCUT2D eigenvalue weighted by molar-refractivity contribution is 5.85. The van der Waals surface area contributed by atoms with Gasteiger partial charge in [0.05, 0.1) is 13.0 Å². The first kappa shape index (κ1) is 19.5. The molecule has 1 aliphatic carbocycles. The maximum atomic E-state index is 12.5. The second-order valence-corrected chi connectivity index (χ2v) is 7.07. The number of nitrogens with two attached hydrogens (primary N) is 1. The van der Waals surface area contributed by atoms with E-state index in [2.05, 4.69) is 17.4 Å². The van der Waals surface area contributed by atoms with Gasteiger partial charge in [0.1, 0.15) is 5.75 Å². The first-order chi connectivity index (χ1) is 11.5. The molecule has 25 heavy (non-hydrogen) atoms. The number of fused-ring (bicyclic) bond motifs is 1. The Morgan fingerprint density at radius 1 is 1.24 bits per heavy atom. The van der Waals surface area contributed by atoms with Crippen molar-refractivity contribution in [1.29, 1.82) is 0 Å². The van der Waals surface area contributed by atoms with Crippen LogP contribution in [0.25, 0.3) is 10.8 Å². The van der Waals surface area contributed by atoms with E-state index in [1.54, 1.807) is 7.11 Å². The van der Waals surface area contributed by atoms with Gasteiger partial charge >= 0.3 is 0 Å². The van der Waals surface area contributed by atoms with Gasteiger partial charge in [-0.05, 0) is 54.3 Å². The zero-order valence-corrected chi connectivity index (χ0v) is 15.7. The Hall–Kier alpha value is -1.78. The van der Waals surface area contributed by atoms with Crippen LogP contribution in [0.3, 0.4) is 0 Å². The topological polar surface area (TPSA) is 64.3 Å². The van der Waals surface area contributed by atoms with Gasteiger partial charge in [-0.25, -0.2) is 0 Å². The molecule has 1 fully saturated rings. The van der Waals surface area contributed by atoms with E-state index < -0.39 is 0 Å². The van der Waals surface area contributed by atoms with E-state index in [4.69, 9.17) is 10.5 Å². The Morgan fingerprint density at radius 2 is 1.96 bits per heavy atom. The summed E-state index contributed by atoms with van der Waals surface area (Å²) in [6, 6.07) is 12.2. The lowest BCUT2D eigenvalue weighted by atomic mass is 9.74. The predicted octanol–water partition coefficient (Wildman–Crippen LogP) is 3.79. The highest BCUT2D eigenvalue weighted by Crippen LogP contribution is 2.31. The molecule has 2 atom stereocenters. The highest BCUT2D eigenvalue weighted by Gasteiger charge is 2.37. The van der Waals surface area contributed by atoms with Crippen molar-refractivity contribution in [2.75, 3.05) is 7.11 Å². The van der Waals surface area contributed by atoms with Gasteiger partial charge in [0.2, 0.25) is 5.91 Å². The number of hydrogen-bond donors (Lipinski definition) is 2. The summed E-state index contributed by atoms with van der Waals surface area (Å²) in [7, 11) is 1.67. The van der Waals surface area contributed by atoms with Gasteiger partial charge in [0, 0.05) is 12.1 Å². The summed E-state index contributed by atoms with van der Waals surface area (Å²) in [6.45, 7) is 2.53. The third kappa shape index (κ3) is 4.44. The highest BCUT2D eigenvalue weighted by atomic mass is 35.5. The van der Waals surface area contributed by atoms with E-state index in [-0.39, 0.29) is 29.8 Å². The number of halogens is 1. The van der Waals surface area contributed by atoms with Crippen molar-refractivity contribution in [1.82, 2.24) is 5.32 Å². The molecule has 4 nitrogen and oxygen atoms in total. The zero-order chi connectivity index (χ0) is 17.2. The second-order valence-electron chi connectivity index (χ2n) is 7.07. The SMILES string of the molecule is COc1ccc2cc(CNC(=O)C3CCCCC3(C)N)ccc2c1.Cl. The molecule has 0 heterocycles. The van der Waals surface area contributed by atoms with Crippen molar-refractivity contribution in [3.05, 3.63) is 42.0 Å². The molecular formula is C20H27ClN2O2. The molecule has 2 aromatic rings. The van der Waals surface area contributed by atoms with Gasteiger partial charge in [0.25, 0.3) is 0 Å². The number of amides is 1. The fourth-order valence-corrected chi connectivity index (χ4v) is 3.61. The molecule has 136 valence electrons. The third-order valence-electron chi connectivity index (χ3n) is 5.15. The molecule has 5 heteroatoms. The van der Waals surface area contributed by atoms with Crippen LogP contribution in [0.15, 0.2) is 36.4 Å².